The van der Waals surface area contributed by atoms with Crippen LogP contribution in [0.25, 0.3) is 5.69 Å². The fourth-order valence-corrected chi connectivity index (χ4v) is 3.31. The van der Waals surface area contributed by atoms with Crippen molar-refractivity contribution in [2.75, 3.05) is 5.75 Å². The molecule has 134 valence electrons. The van der Waals surface area contributed by atoms with Crippen LogP contribution in [0.3, 0.4) is 0 Å². The van der Waals surface area contributed by atoms with Gasteiger partial charge in [0.1, 0.15) is 11.6 Å². The highest BCUT2D eigenvalue weighted by atomic mass is 32.2. The van der Waals surface area contributed by atoms with Crippen LogP contribution in [-0.4, -0.2) is 26.4 Å². The van der Waals surface area contributed by atoms with Crippen LogP contribution in [0.5, 0.6) is 0 Å². The summed E-state index contributed by atoms with van der Waals surface area (Å²) in [7, 11) is 0. The Hall–Kier alpha value is -2.67. The number of nitrogens with zero attached hydrogens (tertiary/aromatic N) is 3. The van der Waals surface area contributed by atoms with Gasteiger partial charge in [0.2, 0.25) is 5.91 Å². The molecule has 3 rings (SSSR count). The highest BCUT2D eigenvalue weighted by Gasteiger charge is 2.13. The molecule has 0 atom stereocenters. The number of thioether (sulfide) groups is 1. The second-order valence-electron chi connectivity index (χ2n) is 5.90. The van der Waals surface area contributed by atoms with Crippen LogP contribution in [0.2, 0.25) is 0 Å². The summed E-state index contributed by atoms with van der Waals surface area (Å²) in [4.78, 5) is 12.1. The van der Waals surface area contributed by atoms with Crippen LogP contribution in [0.15, 0.2) is 53.7 Å². The number of rotatable bonds is 6. The highest BCUT2D eigenvalue weighted by molar-refractivity contribution is 7.99. The molecule has 1 aromatic heterocycles. The molecule has 0 radical (unpaired) electrons. The maximum absolute atomic E-state index is 12.9. The average Bonchev–Trinajstić information content (AvgIpc) is 3.00. The van der Waals surface area contributed by atoms with Crippen molar-refractivity contribution in [2.45, 2.75) is 25.5 Å². The standard InChI is InChI=1S/C19H19FN4OS/c1-13-4-3-5-17(10-13)24-14(2)22-23-19(24)26-12-18(25)21-11-15-6-8-16(20)9-7-15/h3-10H,11-12H2,1-2H3,(H,21,25). The van der Waals surface area contributed by atoms with Crippen molar-refractivity contribution in [3.63, 3.8) is 0 Å². The summed E-state index contributed by atoms with van der Waals surface area (Å²) in [5, 5.41) is 11.8. The van der Waals surface area contributed by atoms with Gasteiger partial charge in [0, 0.05) is 12.2 Å². The molecular weight excluding hydrogens is 351 g/mol. The van der Waals surface area contributed by atoms with Gasteiger partial charge < -0.3 is 5.32 Å². The van der Waals surface area contributed by atoms with E-state index in [2.05, 4.69) is 21.6 Å². The third-order valence-electron chi connectivity index (χ3n) is 3.79. The summed E-state index contributed by atoms with van der Waals surface area (Å²) in [5.41, 5.74) is 2.97. The predicted molar refractivity (Wildman–Crippen MR) is 99.8 cm³/mol. The number of hydrogen-bond donors (Lipinski definition) is 1. The normalized spacial score (nSPS) is 10.7. The van der Waals surface area contributed by atoms with Gasteiger partial charge in [-0.25, -0.2) is 4.39 Å². The van der Waals surface area contributed by atoms with Gasteiger partial charge in [-0.05, 0) is 49.2 Å². The molecule has 0 fully saturated rings. The molecular formula is C19H19FN4OS. The average molecular weight is 370 g/mol. The Kier molecular flexibility index (Phi) is 5.68. The lowest BCUT2D eigenvalue weighted by Gasteiger charge is -2.09. The molecule has 2 aromatic carbocycles. The van der Waals surface area contributed by atoms with Crippen LogP contribution in [-0.2, 0) is 11.3 Å². The number of carbonyl (C=O) groups is 1. The first-order chi connectivity index (χ1) is 12.5. The van der Waals surface area contributed by atoms with Crippen molar-refractivity contribution in [2.24, 2.45) is 0 Å². The molecule has 0 saturated heterocycles. The molecule has 0 aliphatic heterocycles. The summed E-state index contributed by atoms with van der Waals surface area (Å²) in [5.74, 6) is 0.590. The summed E-state index contributed by atoms with van der Waals surface area (Å²) in [6.45, 7) is 4.27. The number of amides is 1. The molecule has 0 aliphatic rings. The molecule has 0 saturated carbocycles. The zero-order chi connectivity index (χ0) is 18.5. The second-order valence-corrected chi connectivity index (χ2v) is 6.84. The molecule has 1 N–H and O–H groups in total. The number of nitrogens with one attached hydrogen (secondary N) is 1. The molecule has 0 bridgehead atoms. The lowest BCUT2D eigenvalue weighted by molar-refractivity contribution is -0.118. The Morgan fingerprint density at radius 1 is 1.15 bits per heavy atom. The van der Waals surface area contributed by atoms with Crippen LogP contribution in [0.1, 0.15) is 17.0 Å². The molecule has 0 unspecified atom stereocenters. The van der Waals surface area contributed by atoms with Gasteiger partial charge in [0.15, 0.2) is 5.16 Å². The van der Waals surface area contributed by atoms with Gasteiger partial charge >= 0.3 is 0 Å². The van der Waals surface area contributed by atoms with Gasteiger partial charge in [-0.3, -0.25) is 9.36 Å². The second kappa shape index (κ2) is 8.14. The summed E-state index contributed by atoms with van der Waals surface area (Å²) < 4.78 is 14.8. The maximum atomic E-state index is 12.9. The fourth-order valence-electron chi connectivity index (χ4n) is 2.48. The Morgan fingerprint density at radius 3 is 2.65 bits per heavy atom. The zero-order valence-corrected chi connectivity index (χ0v) is 15.4. The molecule has 26 heavy (non-hydrogen) atoms. The van der Waals surface area contributed by atoms with Gasteiger partial charge in [-0.2, -0.15) is 0 Å². The zero-order valence-electron chi connectivity index (χ0n) is 14.6. The van der Waals surface area contributed by atoms with Crippen molar-refractivity contribution in [1.82, 2.24) is 20.1 Å². The first-order valence-electron chi connectivity index (χ1n) is 8.16. The fraction of sp³-hybridized carbons (Fsp3) is 0.211. The number of aromatic nitrogens is 3. The molecule has 7 heteroatoms. The van der Waals surface area contributed by atoms with E-state index in [-0.39, 0.29) is 17.5 Å². The summed E-state index contributed by atoms with van der Waals surface area (Å²) in [6, 6.07) is 14.1. The topological polar surface area (TPSA) is 59.8 Å². The van der Waals surface area contributed by atoms with Gasteiger partial charge in [0.25, 0.3) is 0 Å². The monoisotopic (exact) mass is 370 g/mol. The van der Waals surface area contributed by atoms with E-state index in [1.54, 1.807) is 12.1 Å². The number of hydrogen-bond acceptors (Lipinski definition) is 4. The number of carbonyl (C=O) groups excluding carboxylic acids is 1. The highest BCUT2D eigenvalue weighted by Crippen LogP contribution is 2.22. The number of halogens is 1. The van der Waals surface area contributed by atoms with Gasteiger partial charge in [-0.1, -0.05) is 36.0 Å². The number of aryl methyl sites for hydroxylation is 2. The Balaban J connectivity index is 1.61. The van der Waals surface area contributed by atoms with E-state index in [1.165, 1.54) is 23.9 Å². The Bertz CT molecular complexity index is 908. The quantitative estimate of drug-likeness (QED) is 0.676. The SMILES string of the molecule is Cc1cccc(-n2c(C)nnc2SCC(=O)NCc2ccc(F)cc2)c1. The van der Waals surface area contributed by atoms with E-state index in [0.29, 0.717) is 11.7 Å². The predicted octanol–water partition coefficient (Wildman–Crippen LogP) is 3.43. The molecule has 1 heterocycles. The summed E-state index contributed by atoms with van der Waals surface area (Å²) >= 11 is 1.33. The van der Waals surface area contributed by atoms with Crippen molar-refractivity contribution < 1.29 is 9.18 Å². The summed E-state index contributed by atoms with van der Waals surface area (Å²) in [6.07, 6.45) is 0. The lowest BCUT2D eigenvalue weighted by atomic mass is 10.2. The maximum Gasteiger partial charge on any atom is 0.230 e. The first kappa shape index (κ1) is 18.1. The lowest BCUT2D eigenvalue weighted by Crippen LogP contribution is -2.24. The minimum Gasteiger partial charge on any atom is -0.351 e. The van der Waals surface area contributed by atoms with Crippen molar-refractivity contribution in [3.8, 4) is 5.69 Å². The third-order valence-corrected chi connectivity index (χ3v) is 4.72. The van der Waals surface area contributed by atoms with E-state index in [4.69, 9.17) is 0 Å². The molecule has 0 spiro atoms. The molecule has 0 aliphatic carbocycles. The first-order valence-corrected chi connectivity index (χ1v) is 9.14. The smallest absolute Gasteiger partial charge is 0.230 e. The van der Waals surface area contributed by atoms with Crippen LogP contribution >= 0.6 is 11.8 Å². The molecule has 1 amide bonds. The Labute approximate surface area is 155 Å². The molecule has 5 nitrogen and oxygen atoms in total. The largest absolute Gasteiger partial charge is 0.351 e. The van der Waals surface area contributed by atoms with E-state index in [9.17, 15) is 9.18 Å². The Morgan fingerprint density at radius 2 is 1.92 bits per heavy atom. The van der Waals surface area contributed by atoms with Crippen LogP contribution in [0.4, 0.5) is 4.39 Å². The van der Waals surface area contributed by atoms with Crippen LogP contribution in [0, 0.1) is 19.7 Å². The van der Waals surface area contributed by atoms with E-state index in [0.717, 1.165) is 22.6 Å². The minimum absolute atomic E-state index is 0.115. The van der Waals surface area contributed by atoms with Crippen LogP contribution < -0.4 is 5.32 Å². The van der Waals surface area contributed by atoms with Gasteiger partial charge in [-0.15, -0.1) is 10.2 Å². The van der Waals surface area contributed by atoms with Crippen molar-refractivity contribution in [3.05, 3.63) is 71.3 Å². The minimum atomic E-state index is -0.290. The van der Waals surface area contributed by atoms with Gasteiger partial charge in [0.05, 0.1) is 5.75 Å². The van der Waals surface area contributed by atoms with E-state index in [1.807, 2.05) is 36.6 Å². The van der Waals surface area contributed by atoms with E-state index >= 15 is 0 Å². The number of benzene rings is 2. The molecule has 3 aromatic rings. The van der Waals surface area contributed by atoms with Crippen molar-refractivity contribution >= 4 is 17.7 Å². The van der Waals surface area contributed by atoms with Crippen molar-refractivity contribution in [1.29, 1.82) is 0 Å². The van der Waals surface area contributed by atoms with E-state index < -0.39 is 0 Å². The third kappa shape index (κ3) is 4.49.